The first kappa shape index (κ1) is 22.2. The van der Waals surface area contributed by atoms with E-state index >= 15 is 0 Å². The number of benzene rings is 2. The van der Waals surface area contributed by atoms with Crippen molar-refractivity contribution in [3.05, 3.63) is 63.2 Å². The van der Waals surface area contributed by atoms with E-state index in [4.69, 9.17) is 11.6 Å². The summed E-state index contributed by atoms with van der Waals surface area (Å²) < 4.78 is 26.9. The molecule has 2 aromatic rings. The molecule has 160 valence electrons. The van der Waals surface area contributed by atoms with Gasteiger partial charge < -0.3 is 5.32 Å². The second kappa shape index (κ2) is 9.09. The van der Waals surface area contributed by atoms with E-state index in [1.54, 1.807) is 19.1 Å². The number of anilines is 1. The summed E-state index contributed by atoms with van der Waals surface area (Å²) in [7, 11) is -3.64. The largest absolute Gasteiger partial charge is 0.325 e. The Labute approximate surface area is 179 Å². The van der Waals surface area contributed by atoms with Crippen molar-refractivity contribution < 1.29 is 18.1 Å². The molecule has 0 aromatic heterocycles. The number of halogens is 1. The molecule has 1 saturated heterocycles. The Hall–Kier alpha value is -2.53. The van der Waals surface area contributed by atoms with Crippen LogP contribution in [0.4, 0.5) is 11.4 Å². The van der Waals surface area contributed by atoms with Crippen LogP contribution in [-0.2, 0) is 14.8 Å². The van der Waals surface area contributed by atoms with Crippen molar-refractivity contribution in [3.8, 4) is 0 Å². The summed E-state index contributed by atoms with van der Waals surface area (Å²) >= 11 is 5.90. The lowest BCUT2D eigenvalue weighted by molar-refractivity contribution is -0.384. The van der Waals surface area contributed by atoms with E-state index in [2.05, 4.69) is 5.32 Å². The normalized spacial score (nSPS) is 15.7. The molecule has 0 bridgehead atoms. The number of nitro groups is 1. The second-order valence-electron chi connectivity index (χ2n) is 6.94. The molecule has 0 aliphatic carbocycles. The Kier molecular flexibility index (Phi) is 6.71. The summed E-state index contributed by atoms with van der Waals surface area (Å²) in [6.45, 7) is 3.12. The topological polar surface area (TPSA) is 113 Å². The number of hydrogen-bond acceptors (Lipinski definition) is 6. The number of amides is 1. The monoisotopic (exact) mass is 452 g/mol. The average molecular weight is 453 g/mol. The third-order valence-electron chi connectivity index (χ3n) is 4.83. The van der Waals surface area contributed by atoms with Crippen LogP contribution in [0.15, 0.2) is 47.4 Å². The number of hydrogen-bond donors (Lipinski definition) is 1. The minimum atomic E-state index is -3.64. The van der Waals surface area contributed by atoms with Gasteiger partial charge in [-0.15, -0.1) is 0 Å². The molecule has 0 spiro atoms. The van der Waals surface area contributed by atoms with Crippen molar-refractivity contribution in [2.75, 3.05) is 38.0 Å². The van der Waals surface area contributed by atoms with E-state index in [1.165, 1.54) is 34.6 Å². The van der Waals surface area contributed by atoms with Gasteiger partial charge in [0.05, 0.1) is 16.4 Å². The molecule has 1 aliphatic heterocycles. The Morgan fingerprint density at radius 2 is 1.87 bits per heavy atom. The first-order chi connectivity index (χ1) is 14.2. The van der Waals surface area contributed by atoms with Crippen LogP contribution in [0.25, 0.3) is 0 Å². The molecule has 0 radical (unpaired) electrons. The van der Waals surface area contributed by atoms with Crippen LogP contribution >= 0.6 is 11.6 Å². The standard InChI is InChI=1S/C19H21ClN4O5S/c1-14-11-16(24(26)27)5-6-18(14)21-19(25)13-22-7-9-23(10-8-22)30(28,29)17-4-2-3-15(20)12-17/h2-6,11-12H,7-10,13H2,1H3,(H,21,25). The zero-order valence-corrected chi connectivity index (χ0v) is 17.8. The van der Waals surface area contributed by atoms with Crippen molar-refractivity contribution >= 4 is 38.9 Å². The van der Waals surface area contributed by atoms with Gasteiger partial charge in [0, 0.05) is 49.0 Å². The van der Waals surface area contributed by atoms with E-state index in [9.17, 15) is 23.3 Å². The minimum Gasteiger partial charge on any atom is -0.325 e. The molecule has 1 N–H and O–H groups in total. The van der Waals surface area contributed by atoms with Crippen molar-refractivity contribution in [3.63, 3.8) is 0 Å². The molecule has 30 heavy (non-hydrogen) atoms. The van der Waals surface area contributed by atoms with Crippen LogP contribution in [0, 0.1) is 17.0 Å². The molecular formula is C19H21ClN4O5S. The molecule has 0 atom stereocenters. The third-order valence-corrected chi connectivity index (χ3v) is 6.96. The molecule has 1 fully saturated rings. The molecule has 1 aliphatic rings. The van der Waals surface area contributed by atoms with Gasteiger partial charge in [0.1, 0.15) is 0 Å². The van der Waals surface area contributed by atoms with E-state index in [1.807, 2.05) is 4.90 Å². The first-order valence-corrected chi connectivity index (χ1v) is 11.0. The third kappa shape index (κ3) is 5.14. The maximum absolute atomic E-state index is 12.7. The number of sulfonamides is 1. The zero-order valence-electron chi connectivity index (χ0n) is 16.2. The predicted molar refractivity (Wildman–Crippen MR) is 113 cm³/mol. The van der Waals surface area contributed by atoms with E-state index < -0.39 is 14.9 Å². The summed E-state index contributed by atoms with van der Waals surface area (Å²) in [6.07, 6.45) is 0. The van der Waals surface area contributed by atoms with Gasteiger partial charge >= 0.3 is 0 Å². The molecule has 1 amide bonds. The molecule has 0 saturated carbocycles. The Balaban J connectivity index is 1.56. The first-order valence-electron chi connectivity index (χ1n) is 9.20. The number of non-ortho nitro benzene ring substituents is 1. The van der Waals surface area contributed by atoms with Gasteiger partial charge in [0.2, 0.25) is 15.9 Å². The van der Waals surface area contributed by atoms with Crippen molar-refractivity contribution in [2.24, 2.45) is 0 Å². The van der Waals surface area contributed by atoms with Crippen LogP contribution in [0.2, 0.25) is 5.02 Å². The van der Waals surface area contributed by atoms with Gasteiger partial charge in [0.25, 0.3) is 5.69 Å². The van der Waals surface area contributed by atoms with E-state index in [0.29, 0.717) is 29.4 Å². The number of aryl methyl sites for hydroxylation is 1. The maximum Gasteiger partial charge on any atom is 0.269 e. The number of rotatable bonds is 6. The van der Waals surface area contributed by atoms with Gasteiger partial charge in [-0.2, -0.15) is 4.31 Å². The van der Waals surface area contributed by atoms with Crippen LogP contribution in [0.3, 0.4) is 0 Å². The van der Waals surface area contributed by atoms with Crippen LogP contribution in [0.1, 0.15) is 5.56 Å². The fraction of sp³-hybridized carbons (Fsp3) is 0.316. The minimum absolute atomic E-state index is 0.0393. The Bertz CT molecular complexity index is 1070. The molecule has 0 unspecified atom stereocenters. The summed E-state index contributed by atoms with van der Waals surface area (Å²) in [6, 6.07) is 10.4. The fourth-order valence-electron chi connectivity index (χ4n) is 3.20. The van der Waals surface area contributed by atoms with E-state index in [-0.39, 0.29) is 36.1 Å². The fourth-order valence-corrected chi connectivity index (χ4v) is 4.92. The summed E-state index contributed by atoms with van der Waals surface area (Å²) in [4.78, 5) is 24.7. The number of piperazine rings is 1. The SMILES string of the molecule is Cc1cc([N+](=O)[O-])ccc1NC(=O)CN1CCN(S(=O)(=O)c2cccc(Cl)c2)CC1. The second-order valence-corrected chi connectivity index (χ2v) is 9.32. The number of nitro benzene ring substituents is 1. The van der Waals surface area contributed by atoms with Crippen LogP contribution in [0.5, 0.6) is 0 Å². The van der Waals surface area contributed by atoms with Crippen LogP contribution in [-0.4, -0.2) is 61.2 Å². The quantitative estimate of drug-likeness (QED) is 0.532. The highest BCUT2D eigenvalue weighted by Gasteiger charge is 2.29. The smallest absolute Gasteiger partial charge is 0.269 e. The van der Waals surface area contributed by atoms with Gasteiger partial charge in [-0.1, -0.05) is 17.7 Å². The Morgan fingerprint density at radius 3 is 2.47 bits per heavy atom. The number of carbonyl (C=O) groups is 1. The number of nitrogens with zero attached hydrogens (tertiary/aromatic N) is 3. The molecular weight excluding hydrogens is 432 g/mol. The average Bonchev–Trinajstić information content (AvgIpc) is 2.69. The molecule has 2 aromatic carbocycles. The molecule has 3 rings (SSSR count). The highest BCUT2D eigenvalue weighted by atomic mass is 35.5. The lowest BCUT2D eigenvalue weighted by Gasteiger charge is -2.33. The summed E-state index contributed by atoms with van der Waals surface area (Å²) in [5.74, 6) is -0.266. The highest BCUT2D eigenvalue weighted by Crippen LogP contribution is 2.22. The van der Waals surface area contributed by atoms with E-state index in [0.717, 1.165) is 0 Å². The van der Waals surface area contributed by atoms with Crippen molar-refractivity contribution in [2.45, 2.75) is 11.8 Å². The number of nitrogens with one attached hydrogen (secondary N) is 1. The van der Waals surface area contributed by atoms with Crippen molar-refractivity contribution in [1.82, 2.24) is 9.21 Å². The maximum atomic E-state index is 12.7. The zero-order chi connectivity index (χ0) is 21.9. The predicted octanol–water partition coefficient (Wildman–Crippen LogP) is 2.50. The van der Waals surface area contributed by atoms with Gasteiger partial charge in [-0.25, -0.2) is 8.42 Å². The lowest BCUT2D eigenvalue weighted by atomic mass is 10.2. The van der Waals surface area contributed by atoms with Crippen LogP contribution < -0.4 is 5.32 Å². The Morgan fingerprint density at radius 1 is 1.17 bits per heavy atom. The highest BCUT2D eigenvalue weighted by molar-refractivity contribution is 7.89. The summed E-state index contributed by atoms with van der Waals surface area (Å²) in [5, 5.41) is 13.9. The molecule has 11 heteroatoms. The van der Waals surface area contributed by atoms with Gasteiger partial charge in [0.15, 0.2) is 0 Å². The molecule has 9 nitrogen and oxygen atoms in total. The molecule has 1 heterocycles. The van der Waals surface area contributed by atoms with Gasteiger partial charge in [-0.05, 0) is 36.8 Å². The van der Waals surface area contributed by atoms with Gasteiger partial charge in [-0.3, -0.25) is 19.8 Å². The van der Waals surface area contributed by atoms with Crippen molar-refractivity contribution in [1.29, 1.82) is 0 Å². The lowest BCUT2D eigenvalue weighted by Crippen LogP contribution is -2.50. The summed E-state index contributed by atoms with van der Waals surface area (Å²) in [5.41, 5.74) is 1.06. The number of carbonyl (C=O) groups excluding carboxylic acids is 1.